The normalized spacial score (nSPS) is 11.3. The van der Waals surface area contributed by atoms with Gasteiger partial charge in [-0.25, -0.2) is 4.98 Å². The number of aromatic nitrogens is 2. The van der Waals surface area contributed by atoms with Gasteiger partial charge in [0.1, 0.15) is 29.1 Å². The van der Waals surface area contributed by atoms with Gasteiger partial charge < -0.3 is 19.2 Å². The van der Waals surface area contributed by atoms with Crippen LogP contribution in [-0.4, -0.2) is 30.3 Å². The average Bonchev–Trinajstić information content (AvgIpc) is 3.12. The van der Waals surface area contributed by atoms with E-state index in [9.17, 15) is 5.26 Å². The molecule has 0 saturated carbocycles. The molecule has 0 radical (unpaired) electrons. The summed E-state index contributed by atoms with van der Waals surface area (Å²) in [5.41, 5.74) is 2.71. The molecule has 7 heteroatoms. The molecular weight excluding hydrogens is 422 g/mol. The van der Waals surface area contributed by atoms with Crippen LogP contribution in [-0.2, 0) is 0 Å². The summed E-state index contributed by atoms with van der Waals surface area (Å²) in [5.74, 6) is 2.54. The van der Waals surface area contributed by atoms with E-state index in [4.69, 9.17) is 14.2 Å². The number of rotatable bonds is 7. The maximum atomic E-state index is 9.72. The van der Waals surface area contributed by atoms with Crippen molar-refractivity contribution in [2.45, 2.75) is 13.8 Å². The highest BCUT2D eigenvalue weighted by molar-refractivity contribution is 9.10. The second kappa shape index (κ2) is 8.81. The first kappa shape index (κ1) is 19.8. The van der Waals surface area contributed by atoms with Crippen molar-refractivity contribution in [3.05, 3.63) is 46.2 Å². The van der Waals surface area contributed by atoms with E-state index >= 15 is 0 Å². The standard InChI is InChI=1S/C21H20BrN3O3/c1-4-27-19-11-20(28-5-2)16(22)9-13(19)8-14(12-23)21-24-17-7-6-15(26-3)10-18(17)25-21/h6-11H,4-5H2,1-3H3,(H,24,25)/b14-8+. The molecule has 1 heterocycles. The third-order valence-electron chi connectivity index (χ3n) is 4.03. The van der Waals surface area contributed by atoms with Crippen LogP contribution < -0.4 is 14.2 Å². The van der Waals surface area contributed by atoms with Crippen molar-refractivity contribution < 1.29 is 14.2 Å². The molecule has 0 aliphatic heterocycles. The number of nitrogens with one attached hydrogen (secondary N) is 1. The number of hydrogen-bond acceptors (Lipinski definition) is 5. The van der Waals surface area contributed by atoms with Crippen LogP contribution in [0.4, 0.5) is 0 Å². The summed E-state index contributed by atoms with van der Waals surface area (Å²) >= 11 is 3.52. The highest BCUT2D eigenvalue weighted by Gasteiger charge is 2.13. The van der Waals surface area contributed by atoms with Crippen LogP contribution in [0.15, 0.2) is 34.8 Å². The fourth-order valence-corrected chi connectivity index (χ4v) is 3.24. The number of benzene rings is 2. The first-order valence-corrected chi connectivity index (χ1v) is 9.64. The Hall–Kier alpha value is -2.98. The molecular formula is C21H20BrN3O3. The maximum Gasteiger partial charge on any atom is 0.149 e. The number of aromatic amines is 1. The van der Waals surface area contributed by atoms with Crippen molar-refractivity contribution in [2.24, 2.45) is 0 Å². The lowest BCUT2D eigenvalue weighted by atomic mass is 10.1. The van der Waals surface area contributed by atoms with Crippen LogP contribution >= 0.6 is 15.9 Å². The summed E-state index contributed by atoms with van der Waals surface area (Å²) < 4.78 is 17.4. The van der Waals surface area contributed by atoms with Crippen LogP contribution in [0.1, 0.15) is 25.2 Å². The Morgan fingerprint density at radius 2 is 1.93 bits per heavy atom. The van der Waals surface area contributed by atoms with E-state index in [-0.39, 0.29) is 0 Å². The highest BCUT2D eigenvalue weighted by Crippen LogP contribution is 2.35. The Labute approximate surface area is 171 Å². The zero-order valence-electron chi connectivity index (χ0n) is 15.9. The molecule has 0 spiro atoms. The molecule has 0 fully saturated rings. The number of ether oxygens (including phenoxy) is 3. The van der Waals surface area contributed by atoms with E-state index in [1.54, 1.807) is 13.2 Å². The number of fused-ring (bicyclic) bond motifs is 1. The van der Waals surface area contributed by atoms with Crippen molar-refractivity contribution in [1.29, 1.82) is 5.26 Å². The van der Waals surface area contributed by atoms with E-state index in [1.165, 1.54) is 0 Å². The minimum Gasteiger partial charge on any atom is -0.497 e. The SMILES string of the molecule is CCOc1cc(OCC)c(/C=C(\C#N)c2nc3ccc(OC)cc3[nH]2)cc1Br. The van der Waals surface area contributed by atoms with Gasteiger partial charge in [-0.1, -0.05) is 0 Å². The zero-order chi connectivity index (χ0) is 20.1. The molecule has 0 bridgehead atoms. The van der Waals surface area contributed by atoms with Gasteiger partial charge in [0.15, 0.2) is 0 Å². The Balaban J connectivity index is 2.07. The Morgan fingerprint density at radius 1 is 1.18 bits per heavy atom. The molecule has 2 aromatic carbocycles. The van der Waals surface area contributed by atoms with Crippen molar-refractivity contribution in [3.63, 3.8) is 0 Å². The number of allylic oxidation sites excluding steroid dienone is 1. The van der Waals surface area contributed by atoms with Gasteiger partial charge in [-0.2, -0.15) is 5.26 Å². The van der Waals surface area contributed by atoms with Crippen LogP contribution in [0.5, 0.6) is 17.2 Å². The number of nitrogens with zero attached hydrogens (tertiary/aromatic N) is 2. The van der Waals surface area contributed by atoms with Gasteiger partial charge in [0.2, 0.25) is 0 Å². The Bertz CT molecular complexity index is 1070. The van der Waals surface area contributed by atoms with Crippen molar-refractivity contribution in [3.8, 4) is 23.3 Å². The third kappa shape index (κ3) is 4.12. The molecule has 0 aliphatic rings. The minimum absolute atomic E-state index is 0.396. The summed E-state index contributed by atoms with van der Waals surface area (Å²) in [4.78, 5) is 7.70. The van der Waals surface area contributed by atoms with E-state index in [1.807, 2.05) is 44.2 Å². The minimum atomic E-state index is 0.396. The van der Waals surface area contributed by atoms with Crippen LogP contribution in [0.25, 0.3) is 22.7 Å². The first-order chi connectivity index (χ1) is 13.6. The van der Waals surface area contributed by atoms with E-state index < -0.39 is 0 Å². The maximum absolute atomic E-state index is 9.72. The predicted molar refractivity (Wildman–Crippen MR) is 113 cm³/mol. The van der Waals surface area contributed by atoms with Crippen molar-refractivity contribution in [2.75, 3.05) is 20.3 Å². The van der Waals surface area contributed by atoms with Crippen LogP contribution in [0, 0.1) is 11.3 Å². The smallest absolute Gasteiger partial charge is 0.149 e. The van der Waals surface area contributed by atoms with Crippen LogP contribution in [0.2, 0.25) is 0 Å². The lowest BCUT2D eigenvalue weighted by Crippen LogP contribution is -1.98. The monoisotopic (exact) mass is 441 g/mol. The van der Waals surface area contributed by atoms with Crippen LogP contribution in [0.3, 0.4) is 0 Å². The topological polar surface area (TPSA) is 80.2 Å². The molecule has 6 nitrogen and oxygen atoms in total. The van der Waals surface area contributed by atoms with Gasteiger partial charge in [-0.3, -0.25) is 0 Å². The van der Waals surface area contributed by atoms with Gasteiger partial charge in [-0.15, -0.1) is 0 Å². The van der Waals surface area contributed by atoms with E-state index in [0.29, 0.717) is 36.1 Å². The quantitative estimate of drug-likeness (QED) is 0.509. The third-order valence-corrected chi connectivity index (χ3v) is 4.65. The molecule has 3 rings (SSSR count). The van der Waals surface area contributed by atoms with Gasteiger partial charge in [0, 0.05) is 17.7 Å². The number of H-pyrrole nitrogens is 1. The molecule has 1 aromatic heterocycles. The van der Waals surface area contributed by atoms with E-state index in [0.717, 1.165) is 26.8 Å². The molecule has 3 aromatic rings. The lowest BCUT2D eigenvalue weighted by Gasteiger charge is -2.12. The fourth-order valence-electron chi connectivity index (χ4n) is 2.76. The zero-order valence-corrected chi connectivity index (χ0v) is 17.5. The van der Waals surface area contributed by atoms with Gasteiger partial charge >= 0.3 is 0 Å². The molecule has 0 amide bonds. The fraction of sp³-hybridized carbons (Fsp3) is 0.238. The Kier molecular flexibility index (Phi) is 6.22. The predicted octanol–water partition coefficient (Wildman–Crippen LogP) is 5.20. The summed E-state index contributed by atoms with van der Waals surface area (Å²) in [7, 11) is 1.61. The number of halogens is 1. The number of imidazole rings is 1. The molecule has 0 unspecified atom stereocenters. The van der Waals surface area contributed by atoms with Gasteiger partial charge in [-0.05, 0) is 54.1 Å². The molecule has 0 atom stereocenters. The summed E-state index contributed by atoms with van der Waals surface area (Å²) in [6.45, 7) is 4.88. The summed E-state index contributed by atoms with van der Waals surface area (Å²) in [5, 5.41) is 9.72. The van der Waals surface area contributed by atoms with Crippen molar-refractivity contribution in [1.82, 2.24) is 9.97 Å². The second-order valence-corrected chi connectivity index (χ2v) is 6.68. The summed E-state index contributed by atoms with van der Waals surface area (Å²) in [6, 6.07) is 11.4. The highest BCUT2D eigenvalue weighted by atomic mass is 79.9. The summed E-state index contributed by atoms with van der Waals surface area (Å²) in [6.07, 6.45) is 1.75. The number of hydrogen-bond donors (Lipinski definition) is 1. The molecule has 28 heavy (non-hydrogen) atoms. The lowest BCUT2D eigenvalue weighted by molar-refractivity contribution is 0.321. The molecule has 0 aliphatic carbocycles. The van der Waals surface area contributed by atoms with Gasteiger partial charge in [0.05, 0.1) is 41.4 Å². The van der Waals surface area contributed by atoms with E-state index in [2.05, 4.69) is 32.0 Å². The average molecular weight is 442 g/mol. The first-order valence-electron chi connectivity index (χ1n) is 8.84. The van der Waals surface area contributed by atoms with Gasteiger partial charge in [0.25, 0.3) is 0 Å². The second-order valence-electron chi connectivity index (χ2n) is 5.82. The molecule has 0 saturated heterocycles. The Morgan fingerprint density at radius 3 is 2.61 bits per heavy atom. The number of methoxy groups -OCH3 is 1. The number of nitriles is 1. The largest absolute Gasteiger partial charge is 0.497 e. The molecule has 144 valence electrons. The molecule has 1 N–H and O–H groups in total. The van der Waals surface area contributed by atoms with Crippen molar-refractivity contribution >= 4 is 38.6 Å².